The Balaban J connectivity index is 2.44. The van der Waals surface area contributed by atoms with Crippen molar-refractivity contribution in [1.82, 2.24) is 5.32 Å². The molecule has 1 aliphatic heterocycles. The van der Waals surface area contributed by atoms with Gasteiger partial charge in [0, 0.05) is 4.47 Å². The number of hydrogen-bond donors (Lipinski definition) is 1. The Kier molecular flexibility index (Phi) is 3.17. The third-order valence-corrected chi connectivity index (χ3v) is 4.19. The second kappa shape index (κ2) is 4.30. The summed E-state index contributed by atoms with van der Waals surface area (Å²) in [5.41, 5.74) is 1.93. The van der Waals surface area contributed by atoms with Gasteiger partial charge in [-0.05, 0) is 24.1 Å². The minimum Gasteiger partial charge on any atom is -0.295 e. The van der Waals surface area contributed by atoms with E-state index < -0.39 is 10.7 Å². The van der Waals surface area contributed by atoms with Crippen molar-refractivity contribution in [1.29, 1.82) is 0 Å². The lowest BCUT2D eigenvalue weighted by molar-refractivity contribution is -0.125. The van der Waals surface area contributed by atoms with Crippen LogP contribution in [0.4, 0.5) is 0 Å². The van der Waals surface area contributed by atoms with Gasteiger partial charge in [0.05, 0.1) is 5.92 Å². The predicted molar refractivity (Wildman–Crippen MR) is 67.5 cm³/mol. The molecule has 3 nitrogen and oxygen atoms in total. The van der Waals surface area contributed by atoms with Crippen LogP contribution in [0.2, 0.25) is 0 Å². The van der Waals surface area contributed by atoms with Crippen LogP contribution in [-0.2, 0) is 9.59 Å². The van der Waals surface area contributed by atoms with Gasteiger partial charge >= 0.3 is 0 Å². The molecule has 0 saturated carbocycles. The smallest absolute Gasteiger partial charge is 0.241 e. The highest BCUT2D eigenvalue weighted by molar-refractivity contribution is 9.10. The van der Waals surface area contributed by atoms with Crippen LogP contribution in [0.1, 0.15) is 17.0 Å². The fourth-order valence-corrected chi connectivity index (χ4v) is 3.11. The summed E-state index contributed by atoms with van der Waals surface area (Å²) in [6, 6.07) is 5.73. The highest BCUT2D eigenvalue weighted by atomic mass is 79.9. The number of hydrogen-bond acceptors (Lipinski definition) is 2. The normalized spacial score (nSPS) is 24.7. The van der Waals surface area contributed by atoms with E-state index in [-0.39, 0.29) is 11.8 Å². The number of amides is 2. The number of carbonyl (C=O) groups is 2. The number of halogens is 2. The van der Waals surface area contributed by atoms with Crippen molar-refractivity contribution < 1.29 is 9.59 Å². The molecular formula is C11H9Br2NO2. The van der Waals surface area contributed by atoms with Crippen molar-refractivity contribution in [2.45, 2.75) is 17.7 Å². The summed E-state index contributed by atoms with van der Waals surface area (Å²) in [7, 11) is 0. The number of alkyl halides is 1. The lowest BCUT2D eigenvalue weighted by Crippen LogP contribution is -2.22. The van der Waals surface area contributed by atoms with E-state index in [4.69, 9.17) is 0 Å². The molecule has 0 radical (unpaired) electrons. The van der Waals surface area contributed by atoms with Crippen LogP contribution in [0.25, 0.3) is 0 Å². The fourth-order valence-electron chi connectivity index (χ4n) is 1.74. The number of rotatable bonds is 1. The van der Waals surface area contributed by atoms with Crippen molar-refractivity contribution in [2.75, 3.05) is 0 Å². The van der Waals surface area contributed by atoms with Crippen molar-refractivity contribution in [3.63, 3.8) is 0 Å². The van der Waals surface area contributed by atoms with E-state index in [0.717, 1.165) is 15.6 Å². The van der Waals surface area contributed by atoms with Crippen LogP contribution in [0.15, 0.2) is 22.7 Å². The Morgan fingerprint density at radius 3 is 2.44 bits per heavy atom. The quantitative estimate of drug-likeness (QED) is 0.626. The van der Waals surface area contributed by atoms with E-state index in [9.17, 15) is 9.59 Å². The summed E-state index contributed by atoms with van der Waals surface area (Å²) in [6.07, 6.45) is 0. The molecule has 2 rings (SSSR count). The predicted octanol–water partition coefficient (Wildman–Crippen LogP) is 2.26. The summed E-state index contributed by atoms with van der Waals surface area (Å²) in [5.74, 6) is -0.985. The van der Waals surface area contributed by atoms with Gasteiger partial charge in [-0.25, -0.2) is 0 Å². The maximum Gasteiger partial charge on any atom is 0.241 e. The average Bonchev–Trinajstić information content (AvgIpc) is 2.43. The Hall–Kier alpha value is -0.680. The zero-order valence-corrected chi connectivity index (χ0v) is 11.6. The average molecular weight is 347 g/mol. The Bertz CT molecular complexity index is 473. The molecule has 5 heteroatoms. The van der Waals surface area contributed by atoms with Gasteiger partial charge in [0.2, 0.25) is 11.8 Å². The lowest BCUT2D eigenvalue weighted by Gasteiger charge is -2.12. The van der Waals surface area contributed by atoms with E-state index in [1.54, 1.807) is 0 Å². The first-order valence-electron chi connectivity index (χ1n) is 4.75. The van der Waals surface area contributed by atoms with Gasteiger partial charge in [0.1, 0.15) is 4.83 Å². The molecule has 2 unspecified atom stereocenters. The summed E-state index contributed by atoms with van der Waals surface area (Å²) in [4.78, 5) is 22.5. The highest BCUT2D eigenvalue weighted by Gasteiger charge is 2.41. The molecule has 1 aromatic rings. The summed E-state index contributed by atoms with van der Waals surface area (Å²) in [5, 5.41) is 2.31. The van der Waals surface area contributed by atoms with Gasteiger partial charge in [0.25, 0.3) is 0 Å². The van der Waals surface area contributed by atoms with Gasteiger partial charge in [-0.2, -0.15) is 0 Å². The molecule has 1 saturated heterocycles. The van der Waals surface area contributed by atoms with E-state index in [1.807, 2.05) is 25.1 Å². The third-order valence-electron chi connectivity index (χ3n) is 2.56. The summed E-state index contributed by atoms with van der Waals surface area (Å²) >= 11 is 6.67. The molecule has 0 spiro atoms. The molecule has 0 bridgehead atoms. The van der Waals surface area contributed by atoms with Crippen molar-refractivity contribution in [3.05, 3.63) is 33.8 Å². The first-order valence-corrected chi connectivity index (χ1v) is 6.46. The summed E-state index contributed by atoms with van der Waals surface area (Å²) in [6.45, 7) is 1.97. The zero-order valence-electron chi connectivity index (χ0n) is 8.46. The van der Waals surface area contributed by atoms with E-state index >= 15 is 0 Å². The Morgan fingerprint density at radius 1 is 1.25 bits per heavy atom. The molecule has 1 fully saturated rings. The van der Waals surface area contributed by atoms with E-state index in [0.29, 0.717) is 0 Å². The Labute approximate surface area is 110 Å². The molecule has 2 amide bonds. The van der Waals surface area contributed by atoms with Crippen LogP contribution >= 0.6 is 31.9 Å². The molecule has 1 heterocycles. The third kappa shape index (κ3) is 1.94. The van der Waals surface area contributed by atoms with Gasteiger partial charge in [-0.3, -0.25) is 14.9 Å². The van der Waals surface area contributed by atoms with Gasteiger partial charge in [-0.1, -0.05) is 44.0 Å². The monoisotopic (exact) mass is 345 g/mol. The number of carbonyl (C=O) groups excluding carboxylic acids is 2. The molecule has 0 aliphatic carbocycles. The molecule has 0 aromatic heterocycles. The minimum atomic E-state index is -0.487. The van der Waals surface area contributed by atoms with Crippen molar-refractivity contribution in [2.24, 2.45) is 0 Å². The fraction of sp³-hybridized carbons (Fsp3) is 0.273. The number of aryl methyl sites for hydroxylation is 1. The molecule has 84 valence electrons. The SMILES string of the molecule is Cc1ccc(C2C(=O)NC(=O)C2Br)c(Br)c1. The second-order valence-electron chi connectivity index (χ2n) is 3.76. The van der Waals surface area contributed by atoms with Gasteiger partial charge in [0.15, 0.2) is 0 Å². The molecule has 16 heavy (non-hydrogen) atoms. The number of nitrogens with one attached hydrogen (secondary N) is 1. The second-order valence-corrected chi connectivity index (χ2v) is 5.60. The van der Waals surface area contributed by atoms with E-state index in [2.05, 4.69) is 37.2 Å². The van der Waals surface area contributed by atoms with Crippen LogP contribution in [0.3, 0.4) is 0 Å². The van der Waals surface area contributed by atoms with Gasteiger partial charge < -0.3 is 0 Å². The topological polar surface area (TPSA) is 46.2 Å². The largest absolute Gasteiger partial charge is 0.295 e. The van der Waals surface area contributed by atoms with Crippen molar-refractivity contribution >= 4 is 43.7 Å². The molecule has 1 aromatic carbocycles. The van der Waals surface area contributed by atoms with Crippen LogP contribution in [-0.4, -0.2) is 16.6 Å². The first-order chi connectivity index (χ1) is 7.50. The maximum atomic E-state index is 11.6. The Morgan fingerprint density at radius 2 is 1.94 bits per heavy atom. The highest BCUT2D eigenvalue weighted by Crippen LogP contribution is 2.34. The molecule has 1 aliphatic rings. The standard InChI is InChI=1S/C11H9Br2NO2/c1-5-2-3-6(7(12)4-5)8-9(13)11(16)14-10(8)15/h2-4,8-9H,1H3,(H,14,15,16). The zero-order chi connectivity index (χ0) is 11.9. The maximum absolute atomic E-state index is 11.6. The number of imide groups is 1. The molecule has 1 N–H and O–H groups in total. The van der Waals surface area contributed by atoms with E-state index in [1.165, 1.54) is 0 Å². The van der Waals surface area contributed by atoms with Crippen LogP contribution in [0, 0.1) is 6.92 Å². The molecular weight excluding hydrogens is 338 g/mol. The first kappa shape index (κ1) is 11.8. The van der Waals surface area contributed by atoms with Crippen LogP contribution < -0.4 is 5.32 Å². The van der Waals surface area contributed by atoms with Crippen molar-refractivity contribution in [3.8, 4) is 0 Å². The summed E-state index contributed by atoms with van der Waals surface area (Å²) < 4.78 is 0.854. The minimum absolute atomic E-state index is 0.253. The van der Waals surface area contributed by atoms with Gasteiger partial charge in [-0.15, -0.1) is 0 Å². The van der Waals surface area contributed by atoms with Crippen LogP contribution in [0.5, 0.6) is 0 Å². The number of benzene rings is 1. The lowest BCUT2D eigenvalue weighted by atomic mass is 9.96. The molecule has 2 atom stereocenters.